The predicted molar refractivity (Wildman–Crippen MR) is 139 cm³/mol. The molecule has 0 radical (unpaired) electrons. The third-order valence-corrected chi connectivity index (χ3v) is 7.70. The van der Waals surface area contributed by atoms with Crippen LogP contribution >= 0.6 is 0 Å². The summed E-state index contributed by atoms with van der Waals surface area (Å²) in [7, 11) is 0. The Hall–Kier alpha value is -3.17. The zero-order valence-electron chi connectivity index (χ0n) is 21.2. The number of amides is 1. The highest BCUT2D eigenvalue weighted by atomic mass is 19.4. The summed E-state index contributed by atoms with van der Waals surface area (Å²) in [5, 5.41) is 12.9. The first-order valence-electron chi connectivity index (χ1n) is 13.3. The van der Waals surface area contributed by atoms with Gasteiger partial charge >= 0.3 is 6.18 Å². The number of hydrogen-bond acceptors (Lipinski definition) is 4. The molecule has 3 aromatic rings. The lowest BCUT2D eigenvalue weighted by molar-refractivity contribution is -0.206. The van der Waals surface area contributed by atoms with Crippen molar-refractivity contribution in [2.45, 2.75) is 62.9 Å². The first kappa shape index (κ1) is 26.4. The van der Waals surface area contributed by atoms with Crippen LogP contribution in [0.4, 0.5) is 13.2 Å². The van der Waals surface area contributed by atoms with Gasteiger partial charge in [-0.2, -0.15) is 13.2 Å². The van der Waals surface area contributed by atoms with E-state index in [-0.39, 0.29) is 17.5 Å². The Morgan fingerprint density at radius 2 is 1.76 bits per heavy atom. The SMILES string of the molecule is O=C(c1ncn(C2CCCCC2)c1-c1ccccc1)N1CCNC[C@H]1Cc1ccc(C(O)C(F)(F)F)cc1. The van der Waals surface area contributed by atoms with Crippen LogP contribution in [0.1, 0.15) is 65.9 Å². The number of aliphatic hydroxyl groups is 1. The molecule has 1 amide bonds. The summed E-state index contributed by atoms with van der Waals surface area (Å²) < 4.78 is 40.8. The molecule has 38 heavy (non-hydrogen) atoms. The number of aromatic nitrogens is 2. The molecule has 2 aliphatic rings. The molecule has 9 heteroatoms. The van der Waals surface area contributed by atoms with Gasteiger partial charge in [-0.3, -0.25) is 4.79 Å². The summed E-state index contributed by atoms with van der Waals surface area (Å²) in [5.74, 6) is -0.131. The Bertz CT molecular complexity index is 1220. The van der Waals surface area contributed by atoms with Gasteiger partial charge in [0.25, 0.3) is 5.91 Å². The Labute approximate surface area is 220 Å². The Morgan fingerprint density at radius 3 is 2.45 bits per heavy atom. The van der Waals surface area contributed by atoms with Crippen LogP contribution in [0.2, 0.25) is 0 Å². The quantitative estimate of drug-likeness (QED) is 0.457. The van der Waals surface area contributed by atoms with Crippen molar-refractivity contribution in [2.24, 2.45) is 0 Å². The molecule has 1 unspecified atom stereocenters. The number of hydrogen-bond donors (Lipinski definition) is 2. The highest BCUT2D eigenvalue weighted by Gasteiger charge is 2.39. The van der Waals surface area contributed by atoms with Gasteiger partial charge in [-0.05, 0) is 30.4 Å². The first-order chi connectivity index (χ1) is 18.3. The van der Waals surface area contributed by atoms with Crippen molar-refractivity contribution >= 4 is 5.91 Å². The number of halogens is 3. The lowest BCUT2D eigenvalue weighted by Gasteiger charge is -2.36. The molecule has 1 aromatic heterocycles. The third kappa shape index (κ3) is 5.63. The molecule has 2 atom stereocenters. The van der Waals surface area contributed by atoms with Gasteiger partial charge in [0.15, 0.2) is 11.8 Å². The average Bonchev–Trinajstić information content (AvgIpc) is 3.39. The molecular formula is C29H33F3N4O2. The Kier molecular flexibility index (Phi) is 7.85. The van der Waals surface area contributed by atoms with E-state index in [9.17, 15) is 23.1 Å². The standard InChI is InChI=1S/C29H33F3N4O2/c30-29(31,32)27(37)22-13-11-20(12-14-22)17-24-18-33-15-16-35(24)28(38)25-26(21-7-3-1-4-8-21)36(19-34-25)23-9-5-2-6-10-23/h1,3-4,7-8,11-14,19,23-24,27,33,37H,2,5-6,9-10,15-18H2/t24-,27?/m1/s1. The van der Waals surface area contributed by atoms with Crippen LogP contribution in [-0.2, 0) is 6.42 Å². The molecule has 202 valence electrons. The highest BCUT2D eigenvalue weighted by Crippen LogP contribution is 2.35. The highest BCUT2D eigenvalue weighted by molar-refractivity contribution is 5.98. The smallest absolute Gasteiger partial charge is 0.379 e. The van der Waals surface area contributed by atoms with Crippen molar-refractivity contribution in [1.82, 2.24) is 19.8 Å². The fourth-order valence-electron chi connectivity index (χ4n) is 5.68. The van der Waals surface area contributed by atoms with Crippen molar-refractivity contribution in [2.75, 3.05) is 19.6 Å². The van der Waals surface area contributed by atoms with E-state index in [2.05, 4.69) is 14.9 Å². The topological polar surface area (TPSA) is 70.4 Å². The molecule has 0 bridgehead atoms. The first-order valence-corrected chi connectivity index (χ1v) is 13.3. The van der Waals surface area contributed by atoms with Crippen molar-refractivity contribution in [1.29, 1.82) is 0 Å². The number of carbonyl (C=O) groups is 1. The fraction of sp³-hybridized carbons (Fsp3) is 0.448. The van der Waals surface area contributed by atoms with E-state index in [1.807, 2.05) is 41.6 Å². The van der Waals surface area contributed by atoms with Crippen LogP contribution in [-0.4, -0.2) is 57.3 Å². The van der Waals surface area contributed by atoms with E-state index in [0.29, 0.717) is 37.8 Å². The van der Waals surface area contributed by atoms with Crippen LogP contribution in [0, 0.1) is 0 Å². The number of nitrogens with one attached hydrogen (secondary N) is 1. The van der Waals surface area contributed by atoms with Crippen LogP contribution in [0.3, 0.4) is 0 Å². The van der Waals surface area contributed by atoms with Crippen LogP contribution in [0.5, 0.6) is 0 Å². The van der Waals surface area contributed by atoms with Gasteiger partial charge in [-0.15, -0.1) is 0 Å². The van der Waals surface area contributed by atoms with Crippen molar-refractivity contribution in [3.63, 3.8) is 0 Å². The van der Waals surface area contributed by atoms with Gasteiger partial charge in [0, 0.05) is 37.3 Å². The third-order valence-electron chi connectivity index (χ3n) is 7.70. The molecule has 1 aliphatic carbocycles. The van der Waals surface area contributed by atoms with Crippen LogP contribution in [0.25, 0.3) is 11.3 Å². The minimum absolute atomic E-state index is 0.131. The zero-order chi connectivity index (χ0) is 26.7. The van der Waals surface area contributed by atoms with Crippen LogP contribution < -0.4 is 5.32 Å². The number of piperazine rings is 1. The van der Waals surface area contributed by atoms with Gasteiger partial charge in [0.05, 0.1) is 12.0 Å². The molecule has 0 spiro atoms. The summed E-state index contributed by atoms with van der Waals surface area (Å²) in [6, 6.07) is 15.8. The maximum Gasteiger partial charge on any atom is 0.418 e. The van der Waals surface area contributed by atoms with Gasteiger partial charge < -0.3 is 19.9 Å². The van der Waals surface area contributed by atoms with Crippen molar-refractivity contribution in [3.8, 4) is 11.3 Å². The maximum absolute atomic E-state index is 14.0. The van der Waals surface area contributed by atoms with E-state index in [4.69, 9.17) is 0 Å². The average molecular weight is 527 g/mol. The molecule has 2 N–H and O–H groups in total. The van der Waals surface area contributed by atoms with E-state index < -0.39 is 12.3 Å². The number of nitrogens with zero attached hydrogens (tertiary/aromatic N) is 3. The minimum atomic E-state index is -4.71. The number of rotatable bonds is 6. The summed E-state index contributed by atoms with van der Waals surface area (Å²) >= 11 is 0. The van der Waals surface area contributed by atoms with E-state index in [1.165, 1.54) is 31.4 Å². The number of carbonyl (C=O) groups excluding carboxylic acids is 1. The van der Waals surface area contributed by atoms with Crippen LogP contribution in [0.15, 0.2) is 60.9 Å². The van der Waals surface area contributed by atoms with E-state index in [1.54, 1.807) is 12.1 Å². The number of imidazole rings is 1. The van der Waals surface area contributed by atoms with Gasteiger partial charge in [-0.1, -0.05) is 73.9 Å². The largest absolute Gasteiger partial charge is 0.418 e. The molecule has 2 aromatic carbocycles. The fourth-order valence-corrected chi connectivity index (χ4v) is 5.68. The number of benzene rings is 2. The van der Waals surface area contributed by atoms with E-state index in [0.717, 1.165) is 29.7 Å². The number of alkyl halides is 3. The molecule has 6 nitrogen and oxygen atoms in total. The maximum atomic E-state index is 14.0. The van der Waals surface area contributed by atoms with Gasteiger partial charge in [0.2, 0.25) is 0 Å². The van der Waals surface area contributed by atoms with Crippen molar-refractivity contribution in [3.05, 3.63) is 77.7 Å². The summed E-state index contributed by atoms with van der Waals surface area (Å²) in [6.07, 6.45) is 0.766. The second kappa shape index (κ2) is 11.3. The van der Waals surface area contributed by atoms with Crippen molar-refractivity contribution < 1.29 is 23.1 Å². The molecule has 2 fully saturated rings. The number of aliphatic hydroxyl groups excluding tert-OH is 1. The van der Waals surface area contributed by atoms with E-state index >= 15 is 0 Å². The lowest BCUT2D eigenvalue weighted by atomic mass is 9.94. The summed E-state index contributed by atoms with van der Waals surface area (Å²) in [5.41, 5.74) is 2.86. The summed E-state index contributed by atoms with van der Waals surface area (Å²) in [4.78, 5) is 20.5. The molecule has 2 heterocycles. The normalized spacial score (nSPS) is 19.9. The minimum Gasteiger partial charge on any atom is -0.379 e. The zero-order valence-corrected chi connectivity index (χ0v) is 21.2. The second-order valence-electron chi connectivity index (χ2n) is 10.3. The predicted octanol–water partition coefficient (Wildman–Crippen LogP) is 5.31. The molecule has 1 saturated carbocycles. The molecular weight excluding hydrogens is 493 g/mol. The lowest BCUT2D eigenvalue weighted by Crippen LogP contribution is -2.54. The second-order valence-corrected chi connectivity index (χ2v) is 10.3. The monoisotopic (exact) mass is 526 g/mol. The van der Waals surface area contributed by atoms with Gasteiger partial charge in [-0.25, -0.2) is 4.98 Å². The summed E-state index contributed by atoms with van der Waals surface area (Å²) in [6.45, 7) is 1.74. The molecule has 1 saturated heterocycles. The van der Waals surface area contributed by atoms with Gasteiger partial charge in [0.1, 0.15) is 0 Å². The molecule has 1 aliphatic heterocycles. The Morgan fingerprint density at radius 1 is 1.05 bits per heavy atom. The molecule has 5 rings (SSSR count). The Balaban J connectivity index is 1.40.